The van der Waals surface area contributed by atoms with E-state index in [0.29, 0.717) is 19.1 Å². The van der Waals surface area contributed by atoms with Crippen molar-refractivity contribution < 1.29 is 9.84 Å². The molecule has 3 rings (SSSR count). The Hall–Kier alpha value is -1.88. The summed E-state index contributed by atoms with van der Waals surface area (Å²) >= 11 is 0. The average Bonchev–Trinajstić information content (AvgIpc) is 2.99. The lowest BCUT2D eigenvalue weighted by atomic mass is 9.86. The summed E-state index contributed by atoms with van der Waals surface area (Å²) in [5.41, 5.74) is 3.03. The Balaban J connectivity index is 1.66. The van der Waals surface area contributed by atoms with Gasteiger partial charge in [0.05, 0.1) is 18.8 Å². The van der Waals surface area contributed by atoms with Gasteiger partial charge in [0.2, 0.25) is 0 Å². The molecule has 5 heteroatoms. The summed E-state index contributed by atoms with van der Waals surface area (Å²) in [5.74, 6) is 1.35. The molecule has 23 heavy (non-hydrogen) atoms. The van der Waals surface area contributed by atoms with Crippen molar-refractivity contribution in [3.8, 4) is 5.75 Å². The SMILES string of the molecule is Cc1cccc(OCCn2nnc(CO)c2C2CCCCC2)c1. The van der Waals surface area contributed by atoms with E-state index in [4.69, 9.17) is 4.74 Å². The molecule has 1 aliphatic rings. The molecular formula is C18H25N3O2. The van der Waals surface area contributed by atoms with E-state index in [2.05, 4.69) is 23.3 Å². The van der Waals surface area contributed by atoms with E-state index in [1.54, 1.807) is 0 Å². The van der Waals surface area contributed by atoms with Gasteiger partial charge >= 0.3 is 0 Å². The molecule has 1 heterocycles. The molecule has 1 aliphatic carbocycles. The van der Waals surface area contributed by atoms with Crippen LogP contribution in [0.4, 0.5) is 0 Å². The van der Waals surface area contributed by atoms with Crippen molar-refractivity contribution >= 4 is 0 Å². The molecular weight excluding hydrogens is 290 g/mol. The van der Waals surface area contributed by atoms with E-state index in [1.807, 2.05) is 22.9 Å². The van der Waals surface area contributed by atoms with Crippen LogP contribution in [0.25, 0.3) is 0 Å². The van der Waals surface area contributed by atoms with E-state index in [9.17, 15) is 5.11 Å². The highest BCUT2D eigenvalue weighted by Gasteiger charge is 2.24. The molecule has 0 saturated heterocycles. The highest BCUT2D eigenvalue weighted by molar-refractivity contribution is 5.27. The van der Waals surface area contributed by atoms with E-state index >= 15 is 0 Å². The molecule has 1 aromatic heterocycles. The molecule has 0 unspecified atom stereocenters. The van der Waals surface area contributed by atoms with Crippen molar-refractivity contribution in [3.05, 3.63) is 41.2 Å². The first-order valence-corrected chi connectivity index (χ1v) is 8.50. The molecule has 1 N–H and O–H groups in total. The molecule has 0 amide bonds. The zero-order chi connectivity index (χ0) is 16.1. The van der Waals surface area contributed by atoms with Crippen molar-refractivity contribution in [2.75, 3.05) is 6.61 Å². The smallest absolute Gasteiger partial charge is 0.119 e. The molecule has 0 bridgehead atoms. The largest absolute Gasteiger partial charge is 0.492 e. The standard InChI is InChI=1S/C18H25N3O2/c1-14-6-5-9-16(12-14)23-11-10-21-18(17(13-22)19-20-21)15-7-3-2-4-8-15/h5-6,9,12,15,22H,2-4,7-8,10-11,13H2,1H3. The fraction of sp³-hybridized carbons (Fsp3) is 0.556. The Morgan fingerprint density at radius 1 is 1.26 bits per heavy atom. The zero-order valence-electron chi connectivity index (χ0n) is 13.7. The Bertz CT molecular complexity index is 633. The first-order valence-electron chi connectivity index (χ1n) is 8.50. The summed E-state index contributed by atoms with van der Waals surface area (Å²) in [4.78, 5) is 0. The second-order valence-corrected chi connectivity index (χ2v) is 6.30. The van der Waals surface area contributed by atoms with Crippen molar-refractivity contribution in [1.82, 2.24) is 15.0 Å². The van der Waals surface area contributed by atoms with Crippen LogP contribution < -0.4 is 4.74 Å². The number of rotatable bonds is 6. The first-order chi connectivity index (χ1) is 11.3. The second kappa shape index (κ2) is 7.59. The van der Waals surface area contributed by atoms with Crippen LogP contribution in [0.1, 0.15) is 55.0 Å². The van der Waals surface area contributed by atoms with Gasteiger partial charge in [-0.15, -0.1) is 5.10 Å². The van der Waals surface area contributed by atoms with Gasteiger partial charge in [0.25, 0.3) is 0 Å². The highest BCUT2D eigenvalue weighted by Crippen LogP contribution is 2.33. The molecule has 1 aromatic carbocycles. The van der Waals surface area contributed by atoms with E-state index in [-0.39, 0.29) is 6.61 Å². The molecule has 0 spiro atoms. The van der Waals surface area contributed by atoms with Crippen LogP contribution in [0.3, 0.4) is 0 Å². The Morgan fingerprint density at radius 3 is 2.83 bits per heavy atom. The minimum absolute atomic E-state index is 0.0371. The van der Waals surface area contributed by atoms with Gasteiger partial charge in [-0.05, 0) is 37.5 Å². The molecule has 1 fully saturated rings. The van der Waals surface area contributed by atoms with Crippen molar-refractivity contribution in [3.63, 3.8) is 0 Å². The molecule has 0 radical (unpaired) electrons. The number of aromatic nitrogens is 3. The zero-order valence-corrected chi connectivity index (χ0v) is 13.7. The van der Waals surface area contributed by atoms with E-state index in [0.717, 1.165) is 17.1 Å². The number of aliphatic hydroxyl groups excluding tert-OH is 1. The Kier molecular flexibility index (Phi) is 5.28. The van der Waals surface area contributed by atoms with Crippen molar-refractivity contribution in [2.45, 2.75) is 58.1 Å². The van der Waals surface area contributed by atoms with Crippen LogP contribution in [0.15, 0.2) is 24.3 Å². The van der Waals surface area contributed by atoms with Gasteiger partial charge in [-0.1, -0.05) is 36.6 Å². The van der Waals surface area contributed by atoms with Crippen molar-refractivity contribution in [2.24, 2.45) is 0 Å². The molecule has 5 nitrogen and oxygen atoms in total. The number of ether oxygens (including phenoxy) is 1. The van der Waals surface area contributed by atoms with Gasteiger partial charge in [-0.3, -0.25) is 0 Å². The Labute approximate surface area is 137 Å². The monoisotopic (exact) mass is 315 g/mol. The number of nitrogens with zero attached hydrogens (tertiary/aromatic N) is 3. The van der Waals surface area contributed by atoms with E-state index < -0.39 is 0 Å². The summed E-state index contributed by atoms with van der Waals surface area (Å²) < 4.78 is 7.75. The van der Waals surface area contributed by atoms with Gasteiger partial charge in [-0.25, -0.2) is 4.68 Å². The summed E-state index contributed by atoms with van der Waals surface area (Å²) in [5, 5.41) is 17.9. The van der Waals surface area contributed by atoms with Gasteiger partial charge in [0.15, 0.2) is 0 Å². The molecule has 1 saturated carbocycles. The predicted octanol–water partition coefficient (Wildman–Crippen LogP) is 3.21. The maximum absolute atomic E-state index is 9.55. The van der Waals surface area contributed by atoms with Crippen LogP contribution >= 0.6 is 0 Å². The number of hydrogen-bond acceptors (Lipinski definition) is 4. The van der Waals surface area contributed by atoms with Crippen LogP contribution in [-0.4, -0.2) is 26.7 Å². The minimum Gasteiger partial charge on any atom is -0.492 e. The third kappa shape index (κ3) is 3.91. The molecule has 124 valence electrons. The average molecular weight is 315 g/mol. The lowest BCUT2D eigenvalue weighted by molar-refractivity contribution is 0.270. The summed E-state index contributed by atoms with van der Waals surface area (Å²) in [6.07, 6.45) is 6.14. The number of aryl methyl sites for hydroxylation is 1. The van der Waals surface area contributed by atoms with Gasteiger partial charge in [-0.2, -0.15) is 0 Å². The quantitative estimate of drug-likeness (QED) is 0.889. The lowest BCUT2D eigenvalue weighted by Gasteiger charge is -2.23. The normalized spacial score (nSPS) is 15.7. The molecule has 0 atom stereocenters. The maximum atomic E-state index is 9.55. The van der Waals surface area contributed by atoms with Gasteiger partial charge in [0.1, 0.15) is 18.1 Å². The second-order valence-electron chi connectivity index (χ2n) is 6.30. The first kappa shape index (κ1) is 16.0. The minimum atomic E-state index is -0.0371. The van der Waals surface area contributed by atoms with E-state index in [1.165, 1.54) is 37.7 Å². The summed E-state index contributed by atoms with van der Waals surface area (Å²) in [6.45, 7) is 3.23. The molecule has 0 aliphatic heterocycles. The fourth-order valence-corrected chi connectivity index (χ4v) is 3.41. The topological polar surface area (TPSA) is 60.2 Å². The van der Waals surface area contributed by atoms with Crippen LogP contribution in [0, 0.1) is 6.92 Å². The highest BCUT2D eigenvalue weighted by atomic mass is 16.5. The van der Waals surface area contributed by atoms with Crippen molar-refractivity contribution in [1.29, 1.82) is 0 Å². The number of benzene rings is 1. The number of aliphatic hydroxyl groups is 1. The third-order valence-corrected chi connectivity index (χ3v) is 4.55. The molecule has 2 aromatic rings. The lowest BCUT2D eigenvalue weighted by Crippen LogP contribution is -2.17. The summed E-state index contributed by atoms with van der Waals surface area (Å²) in [6, 6.07) is 8.05. The predicted molar refractivity (Wildman–Crippen MR) is 88.4 cm³/mol. The Morgan fingerprint density at radius 2 is 2.09 bits per heavy atom. The van der Waals surface area contributed by atoms with Crippen LogP contribution in [0.2, 0.25) is 0 Å². The fourth-order valence-electron chi connectivity index (χ4n) is 3.41. The summed E-state index contributed by atoms with van der Waals surface area (Å²) in [7, 11) is 0. The van der Waals surface area contributed by atoms with Gasteiger partial charge < -0.3 is 9.84 Å². The maximum Gasteiger partial charge on any atom is 0.119 e. The van der Waals surface area contributed by atoms with Gasteiger partial charge in [0, 0.05) is 5.92 Å². The van der Waals surface area contributed by atoms with Crippen LogP contribution in [-0.2, 0) is 13.2 Å². The number of hydrogen-bond donors (Lipinski definition) is 1. The third-order valence-electron chi connectivity index (χ3n) is 4.55. The van der Waals surface area contributed by atoms with Crippen LogP contribution in [0.5, 0.6) is 5.75 Å².